The van der Waals surface area contributed by atoms with Crippen LogP contribution in [0.2, 0.25) is 0 Å². The maximum atomic E-state index is 14.0. The van der Waals surface area contributed by atoms with Gasteiger partial charge in [0.25, 0.3) is 5.91 Å². The molecular formula is C17H22FNO3S. The van der Waals surface area contributed by atoms with E-state index in [0.717, 1.165) is 6.42 Å². The molecule has 6 heteroatoms. The zero-order valence-electron chi connectivity index (χ0n) is 13.6. The Morgan fingerprint density at radius 1 is 1.39 bits per heavy atom. The number of thioether (sulfide) groups is 1. The first-order valence-electron chi connectivity index (χ1n) is 7.82. The Morgan fingerprint density at radius 2 is 2.09 bits per heavy atom. The molecule has 2 unspecified atom stereocenters. The average Bonchev–Trinajstić information content (AvgIpc) is 2.97. The standard InChI is InChI=1S/C17H22FNO3S/c1-4-9-22-17(21)14-10-23-16(11(2)3)19(14)15(20)12-7-5-6-8-13(12)18/h5-8,11,14,16H,4,9-10H2,1-3H3. The second kappa shape index (κ2) is 7.81. The molecule has 2 atom stereocenters. The third-order valence-corrected chi connectivity index (χ3v) is 5.29. The summed E-state index contributed by atoms with van der Waals surface area (Å²) in [6.07, 6.45) is 0.723. The van der Waals surface area contributed by atoms with Crippen LogP contribution in [0.5, 0.6) is 0 Å². The molecule has 0 N–H and O–H groups in total. The molecule has 1 amide bonds. The zero-order chi connectivity index (χ0) is 17.0. The number of hydrogen-bond donors (Lipinski definition) is 0. The fourth-order valence-electron chi connectivity index (χ4n) is 2.55. The first-order valence-corrected chi connectivity index (χ1v) is 8.87. The van der Waals surface area contributed by atoms with Crippen LogP contribution in [0.4, 0.5) is 4.39 Å². The smallest absolute Gasteiger partial charge is 0.329 e. The van der Waals surface area contributed by atoms with Gasteiger partial charge in [-0.05, 0) is 24.5 Å². The van der Waals surface area contributed by atoms with E-state index >= 15 is 0 Å². The van der Waals surface area contributed by atoms with Crippen LogP contribution < -0.4 is 0 Å². The molecule has 1 aliphatic rings. The molecule has 1 fully saturated rings. The number of rotatable bonds is 5. The van der Waals surface area contributed by atoms with E-state index in [-0.39, 0.29) is 16.9 Å². The third-order valence-electron chi connectivity index (χ3n) is 3.66. The summed E-state index contributed by atoms with van der Waals surface area (Å²) in [5.41, 5.74) is -0.00561. The van der Waals surface area contributed by atoms with E-state index in [9.17, 15) is 14.0 Å². The van der Waals surface area contributed by atoms with Crippen LogP contribution >= 0.6 is 11.8 Å². The third kappa shape index (κ3) is 3.86. The molecule has 4 nitrogen and oxygen atoms in total. The molecule has 0 spiro atoms. The maximum Gasteiger partial charge on any atom is 0.329 e. The molecular weight excluding hydrogens is 317 g/mol. The van der Waals surface area contributed by atoms with Crippen molar-refractivity contribution in [3.05, 3.63) is 35.6 Å². The molecule has 0 saturated carbocycles. The first kappa shape index (κ1) is 17.8. The van der Waals surface area contributed by atoms with Gasteiger partial charge in [0, 0.05) is 5.75 Å². The van der Waals surface area contributed by atoms with Gasteiger partial charge in [0.2, 0.25) is 0 Å². The van der Waals surface area contributed by atoms with E-state index in [4.69, 9.17) is 4.74 Å². The first-order chi connectivity index (χ1) is 11.0. The highest BCUT2D eigenvalue weighted by atomic mass is 32.2. The lowest BCUT2D eigenvalue weighted by Crippen LogP contribution is -2.48. The number of nitrogens with zero attached hydrogens (tertiary/aromatic N) is 1. The Hall–Kier alpha value is -1.56. The van der Waals surface area contributed by atoms with Crippen LogP contribution in [0, 0.1) is 11.7 Å². The lowest BCUT2D eigenvalue weighted by atomic mass is 10.1. The van der Waals surface area contributed by atoms with Gasteiger partial charge in [-0.1, -0.05) is 32.9 Å². The van der Waals surface area contributed by atoms with Crippen LogP contribution in [-0.4, -0.2) is 40.6 Å². The fourth-order valence-corrected chi connectivity index (χ4v) is 4.02. The van der Waals surface area contributed by atoms with Gasteiger partial charge >= 0.3 is 5.97 Å². The van der Waals surface area contributed by atoms with Gasteiger partial charge in [0.1, 0.15) is 11.9 Å². The van der Waals surface area contributed by atoms with Crippen molar-refractivity contribution in [1.29, 1.82) is 0 Å². The van der Waals surface area contributed by atoms with Gasteiger partial charge in [-0.15, -0.1) is 11.8 Å². The topological polar surface area (TPSA) is 46.6 Å². The Balaban J connectivity index is 2.29. The lowest BCUT2D eigenvalue weighted by molar-refractivity contribution is -0.148. The largest absolute Gasteiger partial charge is 0.464 e. The summed E-state index contributed by atoms with van der Waals surface area (Å²) >= 11 is 1.54. The molecule has 1 heterocycles. The van der Waals surface area contributed by atoms with Crippen LogP contribution in [-0.2, 0) is 9.53 Å². The predicted octanol–water partition coefficient (Wildman–Crippen LogP) is 3.32. The van der Waals surface area contributed by atoms with Crippen LogP contribution in [0.1, 0.15) is 37.6 Å². The van der Waals surface area contributed by atoms with Gasteiger partial charge in [0.15, 0.2) is 0 Å². The van der Waals surface area contributed by atoms with E-state index in [2.05, 4.69) is 0 Å². The van der Waals surface area contributed by atoms with Gasteiger partial charge in [-0.2, -0.15) is 0 Å². The molecule has 23 heavy (non-hydrogen) atoms. The van der Waals surface area contributed by atoms with Crippen LogP contribution in [0.3, 0.4) is 0 Å². The number of ether oxygens (including phenoxy) is 1. The van der Waals surface area contributed by atoms with Crippen molar-refractivity contribution in [3.63, 3.8) is 0 Å². The monoisotopic (exact) mass is 339 g/mol. The Labute approximate surface area is 140 Å². The number of amides is 1. The van der Waals surface area contributed by atoms with Gasteiger partial charge < -0.3 is 9.64 Å². The molecule has 0 bridgehead atoms. The second-order valence-corrected chi connectivity index (χ2v) is 6.99. The average molecular weight is 339 g/mol. The minimum absolute atomic E-state index is 0.00561. The zero-order valence-corrected chi connectivity index (χ0v) is 14.4. The lowest BCUT2D eigenvalue weighted by Gasteiger charge is -2.30. The molecule has 2 rings (SSSR count). The predicted molar refractivity (Wildman–Crippen MR) is 88.7 cm³/mol. The summed E-state index contributed by atoms with van der Waals surface area (Å²) < 4.78 is 19.2. The van der Waals surface area contributed by atoms with Crippen molar-refractivity contribution in [3.8, 4) is 0 Å². The number of carbonyl (C=O) groups excluding carboxylic acids is 2. The van der Waals surface area contributed by atoms with Gasteiger partial charge in [0.05, 0.1) is 17.5 Å². The maximum absolute atomic E-state index is 14.0. The molecule has 0 aromatic heterocycles. The second-order valence-electron chi connectivity index (χ2n) is 5.84. The van der Waals surface area contributed by atoms with Crippen molar-refractivity contribution >= 4 is 23.6 Å². The molecule has 0 radical (unpaired) electrons. The molecule has 1 saturated heterocycles. The summed E-state index contributed by atoms with van der Waals surface area (Å²) in [5, 5.41) is -0.165. The summed E-state index contributed by atoms with van der Waals surface area (Å²) in [5.74, 6) is -0.805. The summed E-state index contributed by atoms with van der Waals surface area (Å²) in [4.78, 5) is 26.6. The molecule has 126 valence electrons. The molecule has 1 aliphatic heterocycles. The quantitative estimate of drug-likeness (QED) is 0.772. The van der Waals surface area contributed by atoms with E-state index in [1.807, 2.05) is 20.8 Å². The van der Waals surface area contributed by atoms with Gasteiger partial charge in [-0.3, -0.25) is 4.79 Å². The molecule has 1 aromatic carbocycles. The normalized spacial score (nSPS) is 20.8. The number of benzene rings is 1. The molecule has 1 aromatic rings. The number of carbonyl (C=O) groups is 2. The van der Waals surface area contributed by atoms with Crippen LogP contribution in [0.15, 0.2) is 24.3 Å². The number of esters is 1. The fraction of sp³-hybridized carbons (Fsp3) is 0.529. The van der Waals surface area contributed by atoms with E-state index in [0.29, 0.717) is 12.4 Å². The summed E-state index contributed by atoms with van der Waals surface area (Å²) in [6, 6.07) is 5.20. The van der Waals surface area contributed by atoms with Crippen molar-refractivity contribution in [2.24, 2.45) is 5.92 Å². The highest BCUT2D eigenvalue weighted by molar-refractivity contribution is 8.00. The van der Waals surface area contributed by atoms with Crippen molar-refractivity contribution in [2.45, 2.75) is 38.6 Å². The van der Waals surface area contributed by atoms with Crippen molar-refractivity contribution in [2.75, 3.05) is 12.4 Å². The Bertz CT molecular complexity index is 579. The van der Waals surface area contributed by atoms with Crippen LogP contribution in [0.25, 0.3) is 0 Å². The van der Waals surface area contributed by atoms with Gasteiger partial charge in [-0.25, -0.2) is 9.18 Å². The Kier molecular flexibility index (Phi) is 6.04. The highest BCUT2D eigenvalue weighted by Crippen LogP contribution is 2.35. The molecule has 0 aliphatic carbocycles. The minimum atomic E-state index is -0.661. The van der Waals surface area contributed by atoms with Crippen molar-refractivity contribution < 1.29 is 18.7 Å². The Morgan fingerprint density at radius 3 is 2.70 bits per heavy atom. The number of hydrogen-bond acceptors (Lipinski definition) is 4. The SMILES string of the molecule is CCCOC(=O)C1CSC(C(C)C)N1C(=O)c1ccccc1F. The summed E-state index contributed by atoms with van der Waals surface area (Å²) in [7, 11) is 0. The van der Waals surface area contributed by atoms with E-state index in [1.54, 1.807) is 6.07 Å². The van der Waals surface area contributed by atoms with E-state index in [1.165, 1.54) is 34.9 Å². The summed E-state index contributed by atoms with van der Waals surface area (Å²) in [6.45, 7) is 6.21. The minimum Gasteiger partial charge on any atom is -0.464 e. The van der Waals surface area contributed by atoms with Crippen molar-refractivity contribution in [1.82, 2.24) is 4.90 Å². The number of halogens is 1. The van der Waals surface area contributed by atoms with E-state index < -0.39 is 23.7 Å². The highest BCUT2D eigenvalue weighted by Gasteiger charge is 2.44.